The smallest absolute Gasteiger partial charge is 0.141 e. The summed E-state index contributed by atoms with van der Waals surface area (Å²) >= 11 is 0. The molecule has 0 bridgehead atoms. The van der Waals surface area contributed by atoms with Crippen molar-refractivity contribution in [2.45, 2.75) is 45.7 Å². The highest BCUT2D eigenvalue weighted by molar-refractivity contribution is 4.92. The molecule has 0 saturated carbocycles. The normalized spacial score (nSPS) is 20.8. The van der Waals surface area contributed by atoms with Crippen molar-refractivity contribution in [3.05, 3.63) is 0 Å². The minimum absolute atomic E-state index is 0.0950. The Morgan fingerprint density at radius 1 is 1.08 bits per heavy atom. The van der Waals surface area contributed by atoms with Gasteiger partial charge in [-0.15, -0.1) is 0 Å². The summed E-state index contributed by atoms with van der Waals surface area (Å²) in [5.41, 5.74) is -2.78. The van der Waals surface area contributed by atoms with Gasteiger partial charge in [-0.1, -0.05) is 20.3 Å². The summed E-state index contributed by atoms with van der Waals surface area (Å²) in [6.45, 7) is 3.11. The van der Waals surface area contributed by atoms with E-state index in [0.29, 0.717) is 6.42 Å². The summed E-state index contributed by atoms with van der Waals surface area (Å²) in [6, 6.07) is 0. The van der Waals surface area contributed by atoms with Crippen molar-refractivity contribution in [2.75, 3.05) is 13.3 Å². The van der Waals surface area contributed by atoms with E-state index in [2.05, 4.69) is 0 Å². The highest BCUT2D eigenvalue weighted by Crippen LogP contribution is 2.42. The first kappa shape index (κ1) is 12.8. The van der Waals surface area contributed by atoms with Gasteiger partial charge < -0.3 is 0 Å². The maximum Gasteiger partial charge on any atom is 0.141 e. The molecule has 0 heterocycles. The minimum Gasteiger partial charge on any atom is -0.251 e. The monoisotopic (exact) mass is 196 g/mol. The third-order valence-corrected chi connectivity index (χ3v) is 2.96. The van der Waals surface area contributed by atoms with Crippen LogP contribution in [0.5, 0.6) is 0 Å². The zero-order chi connectivity index (χ0) is 10.5. The summed E-state index contributed by atoms with van der Waals surface area (Å²) < 4.78 is 38.3. The summed E-state index contributed by atoms with van der Waals surface area (Å²) in [5.74, 6) is 0. The number of hydrogen-bond acceptors (Lipinski definition) is 0. The van der Waals surface area contributed by atoms with Crippen LogP contribution in [-0.2, 0) is 0 Å². The van der Waals surface area contributed by atoms with Crippen molar-refractivity contribution in [2.24, 2.45) is 5.41 Å². The number of rotatable bonds is 6. The molecule has 1 unspecified atom stereocenters. The highest BCUT2D eigenvalue weighted by atomic mass is 19.2. The van der Waals surface area contributed by atoms with E-state index in [-0.39, 0.29) is 6.42 Å². The molecule has 0 aliphatic carbocycles. The standard InChI is InChI=1S/C10H19F3/c1-4-5-9(2,6-7-11)10(3,13)8-12/h4-8H2,1-3H3/t9?,10-/m1/s1. The third-order valence-electron chi connectivity index (χ3n) is 2.96. The molecule has 0 aromatic rings. The van der Waals surface area contributed by atoms with E-state index in [0.717, 1.165) is 6.42 Å². The average molecular weight is 196 g/mol. The van der Waals surface area contributed by atoms with Crippen LogP contribution in [-0.4, -0.2) is 19.0 Å². The van der Waals surface area contributed by atoms with Gasteiger partial charge in [0.05, 0.1) is 6.67 Å². The van der Waals surface area contributed by atoms with E-state index in [1.165, 1.54) is 6.92 Å². The van der Waals surface area contributed by atoms with E-state index in [1.807, 2.05) is 6.92 Å². The van der Waals surface area contributed by atoms with Crippen molar-refractivity contribution >= 4 is 0 Å². The fraction of sp³-hybridized carbons (Fsp3) is 1.00. The van der Waals surface area contributed by atoms with Crippen LogP contribution in [0.15, 0.2) is 0 Å². The van der Waals surface area contributed by atoms with Crippen molar-refractivity contribution in [3.8, 4) is 0 Å². The second-order valence-corrected chi connectivity index (χ2v) is 4.08. The van der Waals surface area contributed by atoms with Crippen LogP contribution in [0.4, 0.5) is 13.2 Å². The summed E-state index contributed by atoms with van der Waals surface area (Å²) in [7, 11) is 0. The quantitative estimate of drug-likeness (QED) is 0.605. The molecule has 0 aliphatic rings. The summed E-state index contributed by atoms with van der Waals surface area (Å²) in [5, 5.41) is 0. The topological polar surface area (TPSA) is 0 Å². The molecule has 0 rings (SSSR count). The summed E-state index contributed by atoms with van der Waals surface area (Å²) in [4.78, 5) is 0. The van der Waals surface area contributed by atoms with E-state index < -0.39 is 24.4 Å². The first-order valence-electron chi connectivity index (χ1n) is 4.74. The van der Waals surface area contributed by atoms with E-state index in [1.54, 1.807) is 6.92 Å². The number of alkyl halides is 3. The number of halogens is 3. The Morgan fingerprint density at radius 2 is 1.62 bits per heavy atom. The van der Waals surface area contributed by atoms with Gasteiger partial charge in [0.15, 0.2) is 0 Å². The average Bonchev–Trinajstić information content (AvgIpc) is 2.05. The van der Waals surface area contributed by atoms with Crippen molar-refractivity contribution < 1.29 is 13.2 Å². The molecule has 0 aromatic heterocycles. The molecule has 2 atom stereocenters. The highest BCUT2D eigenvalue weighted by Gasteiger charge is 2.44. The molecule has 13 heavy (non-hydrogen) atoms. The Bertz CT molecular complexity index is 137. The Hall–Kier alpha value is -0.210. The van der Waals surface area contributed by atoms with Crippen LogP contribution in [0.25, 0.3) is 0 Å². The van der Waals surface area contributed by atoms with Gasteiger partial charge in [0.1, 0.15) is 12.3 Å². The molecule has 0 aromatic carbocycles. The third kappa shape index (κ3) is 2.89. The van der Waals surface area contributed by atoms with Crippen LogP contribution >= 0.6 is 0 Å². The lowest BCUT2D eigenvalue weighted by molar-refractivity contribution is -0.0184. The van der Waals surface area contributed by atoms with E-state index in [9.17, 15) is 13.2 Å². The molecule has 0 aliphatic heterocycles. The lowest BCUT2D eigenvalue weighted by Gasteiger charge is -2.38. The second kappa shape index (κ2) is 4.87. The van der Waals surface area contributed by atoms with Crippen molar-refractivity contribution in [1.82, 2.24) is 0 Å². The van der Waals surface area contributed by atoms with E-state index in [4.69, 9.17) is 0 Å². The molecular weight excluding hydrogens is 177 g/mol. The van der Waals surface area contributed by atoms with E-state index >= 15 is 0 Å². The Labute approximate surface area is 78.5 Å². The van der Waals surface area contributed by atoms with Crippen LogP contribution in [0.3, 0.4) is 0 Å². The molecule has 0 N–H and O–H groups in total. The van der Waals surface area contributed by atoms with Crippen molar-refractivity contribution in [3.63, 3.8) is 0 Å². The van der Waals surface area contributed by atoms with Gasteiger partial charge in [-0.2, -0.15) is 0 Å². The van der Waals surface area contributed by atoms with Crippen molar-refractivity contribution in [1.29, 1.82) is 0 Å². The molecule has 0 nitrogen and oxygen atoms in total. The number of hydrogen-bond donors (Lipinski definition) is 0. The van der Waals surface area contributed by atoms with Crippen LogP contribution < -0.4 is 0 Å². The van der Waals surface area contributed by atoms with Crippen LogP contribution in [0, 0.1) is 5.41 Å². The molecule has 0 saturated heterocycles. The molecule has 80 valence electrons. The zero-order valence-electron chi connectivity index (χ0n) is 8.67. The van der Waals surface area contributed by atoms with Gasteiger partial charge in [0.2, 0.25) is 0 Å². The zero-order valence-corrected chi connectivity index (χ0v) is 8.67. The minimum atomic E-state index is -1.91. The lowest BCUT2D eigenvalue weighted by Crippen LogP contribution is -2.42. The Kier molecular flexibility index (Phi) is 4.79. The maximum absolute atomic E-state index is 13.7. The maximum atomic E-state index is 13.7. The van der Waals surface area contributed by atoms with Gasteiger partial charge in [-0.25, -0.2) is 8.78 Å². The van der Waals surface area contributed by atoms with Gasteiger partial charge in [0.25, 0.3) is 0 Å². The van der Waals surface area contributed by atoms with Gasteiger partial charge in [-0.3, -0.25) is 4.39 Å². The fourth-order valence-electron chi connectivity index (χ4n) is 1.57. The van der Waals surface area contributed by atoms with Gasteiger partial charge >= 0.3 is 0 Å². The first-order valence-corrected chi connectivity index (χ1v) is 4.74. The molecular formula is C10H19F3. The Morgan fingerprint density at radius 3 is 1.92 bits per heavy atom. The predicted molar refractivity (Wildman–Crippen MR) is 49.1 cm³/mol. The fourth-order valence-corrected chi connectivity index (χ4v) is 1.57. The molecule has 0 fully saturated rings. The first-order chi connectivity index (χ1) is 5.93. The largest absolute Gasteiger partial charge is 0.251 e. The molecule has 0 spiro atoms. The van der Waals surface area contributed by atoms with Gasteiger partial charge in [0, 0.05) is 5.41 Å². The summed E-state index contributed by atoms with van der Waals surface area (Å²) in [6.07, 6.45) is 1.36. The predicted octanol–water partition coefficient (Wildman–Crippen LogP) is 3.85. The lowest BCUT2D eigenvalue weighted by atomic mass is 9.71. The van der Waals surface area contributed by atoms with Crippen LogP contribution in [0.1, 0.15) is 40.0 Å². The SMILES string of the molecule is CCCC(C)(CCF)[C@](C)(F)CF. The Balaban J connectivity index is 4.55. The van der Waals surface area contributed by atoms with Gasteiger partial charge in [-0.05, 0) is 19.8 Å². The molecule has 3 heteroatoms. The second-order valence-electron chi connectivity index (χ2n) is 4.08. The molecule has 0 radical (unpaired) electrons. The molecule has 0 amide bonds. The van der Waals surface area contributed by atoms with Crippen LogP contribution in [0.2, 0.25) is 0 Å².